The zero-order chi connectivity index (χ0) is 15.1. The molecule has 1 aliphatic carbocycles. The first kappa shape index (κ1) is 12.8. The molecular formula is C15H13N5O2. The third kappa shape index (κ3) is 2.26. The SMILES string of the molecule is O=[N+]([O-])c1cccc(-c2cc3c(NC4CC4)ncnc3[nH]2)c1. The molecule has 22 heavy (non-hydrogen) atoms. The van der Waals surface area contributed by atoms with Crippen LogP contribution in [0.4, 0.5) is 11.5 Å². The van der Waals surface area contributed by atoms with Crippen molar-refractivity contribution in [2.45, 2.75) is 18.9 Å². The molecule has 0 bridgehead atoms. The molecule has 1 aromatic carbocycles. The molecule has 7 heteroatoms. The average molecular weight is 295 g/mol. The zero-order valence-corrected chi connectivity index (χ0v) is 11.6. The van der Waals surface area contributed by atoms with Gasteiger partial charge in [-0.2, -0.15) is 0 Å². The van der Waals surface area contributed by atoms with E-state index in [1.165, 1.54) is 12.4 Å². The van der Waals surface area contributed by atoms with E-state index in [4.69, 9.17) is 0 Å². The smallest absolute Gasteiger partial charge is 0.270 e. The molecule has 0 atom stereocenters. The Bertz CT molecular complexity index is 869. The molecule has 0 saturated heterocycles. The number of nitro benzene ring substituents is 1. The lowest BCUT2D eigenvalue weighted by molar-refractivity contribution is -0.384. The topological polar surface area (TPSA) is 96.7 Å². The molecule has 7 nitrogen and oxygen atoms in total. The molecule has 110 valence electrons. The minimum atomic E-state index is -0.397. The van der Waals surface area contributed by atoms with E-state index in [0.29, 0.717) is 6.04 Å². The summed E-state index contributed by atoms with van der Waals surface area (Å²) in [5, 5.41) is 15.2. The first-order valence-corrected chi connectivity index (χ1v) is 7.06. The molecule has 2 heterocycles. The molecule has 2 aromatic heterocycles. The van der Waals surface area contributed by atoms with Gasteiger partial charge in [-0.3, -0.25) is 10.1 Å². The lowest BCUT2D eigenvalue weighted by atomic mass is 10.1. The van der Waals surface area contributed by atoms with Crippen LogP contribution in [-0.2, 0) is 0 Å². The van der Waals surface area contributed by atoms with Crippen molar-refractivity contribution in [1.82, 2.24) is 15.0 Å². The lowest BCUT2D eigenvalue weighted by Crippen LogP contribution is -2.03. The standard InChI is InChI=1S/C15H13N5O2/c21-20(22)11-3-1-2-9(6-11)13-7-12-14(18-10-4-5-10)16-8-17-15(12)19-13/h1-3,6-8,10H,4-5H2,(H2,16,17,18,19). The quantitative estimate of drug-likeness (QED) is 0.569. The number of hydrogen-bond donors (Lipinski definition) is 2. The lowest BCUT2D eigenvalue weighted by Gasteiger charge is -2.02. The van der Waals surface area contributed by atoms with Crippen molar-refractivity contribution in [1.29, 1.82) is 0 Å². The van der Waals surface area contributed by atoms with Crippen LogP contribution in [0.15, 0.2) is 36.7 Å². The molecule has 1 saturated carbocycles. The number of hydrogen-bond acceptors (Lipinski definition) is 5. The van der Waals surface area contributed by atoms with Gasteiger partial charge in [0.05, 0.1) is 10.3 Å². The highest BCUT2D eigenvalue weighted by Crippen LogP contribution is 2.31. The van der Waals surface area contributed by atoms with Crippen molar-refractivity contribution in [2.75, 3.05) is 5.32 Å². The van der Waals surface area contributed by atoms with Gasteiger partial charge < -0.3 is 10.3 Å². The van der Waals surface area contributed by atoms with E-state index in [0.717, 1.165) is 41.0 Å². The van der Waals surface area contributed by atoms with Crippen LogP contribution in [0.2, 0.25) is 0 Å². The number of benzene rings is 1. The van der Waals surface area contributed by atoms with Crippen LogP contribution in [0.25, 0.3) is 22.3 Å². The number of nitrogens with zero attached hydrogens (tertiary/aromatic N) is 3. The monoisotopic (exact) mass is 295 g/mol. The van der Waals surface area contributed by atoms with Gasteiger partial charge in [-0.15, -0.1) is 0 Å². The van der Waals surface area contributed by atoms with E-state index in [9.17, 15) is 10.1 Å². The van der Waals surface area contributed by atoms with Gasteiger partial charge in [0.2, 0.25) is 0 Å². The van der Waals surface area contributed by atoms with Gasteiger partial charge in [0.15, 0.2) is 0 Å². The molecule has 0 aliphatic heterocycles. The number of fused-ring (bicyclic) bond motifs is 1. The molecule has 2 N–H and O–H groups in total. The minimum absolute atomic E-state index is 0.0681. The minimum Gasteiger partial charge on any atom is -0.367 e. The van der Waals surface area contributed by atoms with E-state index in [1.807, 2.05) is 12.1 Å². The fourth-order valence-corrected chi connectivity index (χ4v) is 2.42. The summed E-state index contributed by atoms with van der Waals surface area (Å²) in [7, 11) is 0. The Labute approximate surface area is 125 Å². The van der Waals surface area contributed by atoms with E-state index in [2.05, 4.69) is 20.3 Å². The van der Waals surface area contributed by atoms with E-state index >= 15 is 0 Å². The van der Waals surface area contributed by atoms with Gasteiger partial charge in [0.1, 0.15) is 17.8 Å². The zero-order valence-electron chi connectivity index (χ0n) is 11.6. The predicted octanol–water partition coefficient (Wildman–Crippen LogP) is 3.11. The fourth-order valence-electron chi connectivity index (χ4n) is 2.42. The Balaban J connectivity index is 1.78. The van der Waals surface area contributed by atoms with Crippen LogP contribution in [0.1, 0.15) is 12.8 Å². The van der Waals surface area contributed by atoms with Crippen LogP contribution in [0.3, 0.4) is 0 Å². The highest BCUT2D eigenvalue weighted by molar-refractivity contribution is 5.91. The average Bonchev–Trinajstić information content (AvgIpc) is 3.23. The molecular weight excluding hydrogens is 282 g/mol. The summed E-state index contributed by atoms with van der Waals surface area (Å²) in [5.74, 6) is 0.806. The molecule has 4 rings (SSSR count). The maximum atomic E-state index is 10.9. The number of H-pyrrole nitrogens is 1. The number of rotatable bonds is 4. The second-order valence-corrected chi connectivity index (χ2v) is 5.39. The molecule has 1 fully saturated rings. The van der Waals surface area contributed by atoms with Crippen LogP contribution < -0.4 is 5.32 Å². The Hall–Kier alpha value is -2.96. The number of anilines is 1. The van der Waals surface area contributed by atoms with Gasteiger partial charge in [-0.1, -0.05) is 12.1 Å². The van der Waals surface area contributed by atoms with Crippen molar-refractivity contribution in [3.05, 3.63) is 46.8 Å². The number of nitrogens with one attached hydrogen (secondary N) is 2. The normalized spacial score (nSPS) is 14.2. The first-order valence-electron chi connectivity index (χ1n) is 7.06. The highest BCUT2D eigenvalue weighted by atomic mass is 16.6. The molecule has 1 aliphatic rings. The van der Waals surface area contributed by atoms with Crippen molar-refractivity contribution < 1.29 is 4.92 Å². The Kier molecular flexibility index (Phi) is 2.78. The first-order chi connectivity index (χ1) is 10.7. The molecule has 0 spiro atoms. The van der Waals surface area contributed by atoms with Crippen molar-refractivity contribution in [3.63, 3.8) is 0 Å². The van der Waals surface area contributed by atoms with Gasteiger partial charge in [0, 0.05) is 29.4 Å². The van der Waals surface area contributed by atoms with Gasteiger partial charge >= 0.3 is 0 Å². The van der Waals surface area contributed by atoms with Crippen LogP contribution in [0.5, 0.6) is 0 Å². The van der Waals surface area contributed by atoms with Crippen molar-refractivity contribution in [2.24, 2.45) is 0 Å². The summed E-state index contributed by atoms with van der Waals surface area (Å²) >= 11 is 0. The predicted molar refractivity (Wildman–Crippen MR) is 82.6 cm³/mol. The van der Waals surface area contributed by atoms with Crippen LogP contribution in [0, 0.1) is 10.1 Å². The number of nitro groups is 1. The number of aromatic amines is 1. The Morgan fingerprint density at radius 1 is 1.27 bits per heavy atom. The van der Waals surface area contributed by atoms with Crippen LogP contribution >= 0.6 is 0 Å². The third-order valence-corrected chi connectivity index (χ3v) is 3.71. The van der Waals surface area contributed by atoms with E-state index in [-0.39, 0.29) is 5.69 Å². The van der Waals surface area contributed by atoms with Crippen LogP contribution in [-0.4, -0.2) is 25.9 Å². The Morgan fingerprint density at radius 3 is 2.91 bits per heavy atom. The van der Waals surface area contributed by atoms with E-state index in [1.54, 1.807) is 12.1 Å². The summed E-state index contributed by atoms with van der Waals surface area (Å²) in [4.78, 5) is 22.2. The molecule has 0 radical (unpaired) electrons. The maximum Gasteiger partial charge on any atom is 0.270 e. The second-order valence-electron chi connectivity index (χ2n) is 5.39. The summed E-state index contributed by atoms with van der Waals surface area (Å²) in [6, 6.07) is 8.96. The molecule has 0 unspecified atom stereocenters. The van der Waals surface area contributed by atoms with Crippen molar-refractivity contribution >= 4 is 22.5 Å². The number of aromatic nitrogens is 3. The summed E-state index contributed by atoms with van der Waals surface area (Å²) in [6.45, 7) is 0. The molecule has 3 aromatic rings. The summed E-state index contributed by atoms with van der Waals surface area (Å²) in [5.41, 5.74) is 2.33. The third-order valence-electron chi connectivity index (χ3n) is 3.71. The van der Waals surface area contributed by atoms with Gasteiger partial charge in [-0.25, -0.2) is 9.97 Å². The largest absolute Gasteiger partial charge is 0.367 e. The summed E-state index contributed by atoms with van der Waals surface area (Å²) in [6.07, 6.45) is 3.84. The van der Waals surface area contributed by atoms with Crippen molar-refractivity contribution in [3.8, 4) is 11.3 Å². The number of non-ortho nitro benzene ring substituents is 1. The van der Waals surface area contributed by atoms with E-state index < -0.39 is 4.92 Å². The molecule has 0 amide bonds. The highest BCUT2D eigenvalue weighted by Gasteiger charge is 2.22. The van der Waals surface area contributed by atoms with Gasteiger partial charge in [0.25, 0.3) is 5.69 Å². The van der Waals surface area contributed by atoms with Gasteiger partial charge in [-0.05, 0) is 18.9 Å². The summed E-state index contributed by atoms with van der Waals surface area (Å²) < 4.78 is 0. The maximum absolute atomic E-state index is 10.9. The fraction of sp³-hybridized carbons (Fsp3) is 0.200. The Morgan fingerprint density at radius 2 is 2.14 bits per heavy atom. The second kappa shape index (κ2) is 4.80.